The Morgan fingerprint density at radius 2 is 1.18 bits per heavy atom. The van der Waals surface area contributed by atoms with Gasteiger partial charge in [-0.15, -0.1) is 0 Å². The lowest BCUT2D eigenvalue weighted by Gasteiger charge is -2.60. The van der Waals surface area contributed by atoms with Gasteiger partial charge in [-0.3, -0.25) is 4.99 Å². The van der Waals surface area contributed by atoms with Gasteiger partial charge in [-0.25, -0.2) is 0 Å². The third kappa shape index (κ3) is 2.18. The summed E-state index contributed by atoms with van der Waals surface area (Å²) in [6, 6.07) is 28.7. The Morgan fingerprint density at radius 3 is 1.68 bits per heavy atom. The van der Waals surface area contributed by atoms with Crippen molar-refractivity contribution in [3.63, 3.8) is 0 Å². The average Bonchev–Trinajstić information content (AvgIpc) is 2.75. The lowest BCUT2D eigenvalue weighted by Crippen LogP contribution is -2.62. The van der Waals surface area contributed by atoms with Gasteiger partial charge >= 0.3 is 0 Å². The molecule has 0 unspecified atom stereocenters. The van der Waals surface area contributed by atoms with E-state index in [9.17, 15) is 0 Å². The van der Waals surface area contributed by atoms with E-state index in [1.807, 2.05) is 11.8 Å². The first-order valence-electron chi connectivity index (χ1n) is 9.93. The largest absolute Gasteiger partial charge is 0.287 e. The summed E-state index contributed by atoms with van der Waals surface area (Å²) < 4.78 is 0. The molecule has 3 aromatic carbocycles. The molecule has 2 heteroatoms. The molecule has 0 aromatic heterocycles. The number of nitrogens with zero attached hydrogens (tertiary/aromatic N) is 1. The first-order valence-corrected chi connectivity index (χ1v) is 11.2. The second-order valence-corrected chi connectivity index (χ2v) is 9.27. The van der Waals surface area contributed by atoms with Crippen LogP contribution in [0.2, 0.25) is 0 Å². The van der Waals surface area contributed by atoms with Gasteiger partial charge in [0.1, 0.15) is 0 Å². The van der Waals surface area contributed by atoms with Crippen LogP contribution in [0.4, 0.5) is 0 Å². The zero-order valence-electron chi connectivity index (χ0n) is 16.6. The summed E-state index contributed by atoms with van der Waals surface area (Å²) >= 11 is 1.96. The molecule has 140 valence electrons. The van der Waals surface area contributed by atoms with E-state index in [0.29, 0.717) is 5.25 Å². The van der Waals surface area contributed by atoms with Gasteiger partial charge in [0.05, 0.1) is 6.04 Å². The Bertz CT molecular complexity index is 1010. The first kappa shape index (κ1) is 17.8. The highest BCUT2D eigenvalue weighted by Gasteiger charge is 2.61. The van der Waals surface area contributed by atoms with Crippen molar-refractivity contribution in [2.45, 2.75) is 36.0 Å². The quantitative estimate of drug-likeness (QED) is 0.517. The molecule has 0 spiro atoms. The predicted molar refractivity (Wildman–Crippen MR) is 121 cm³/mol. The van der Waals surface area contributed by atoms with Crippen LogP contribution in [0.15, 0.2) is 83.9 Å². The molecule has 0 saturated carbocycles. The minimum Gasteiger partial charge on any atom is -0.287 e. The van der Waals surface area contributed by atoms with E-state index in [1.165, 1.54) is 27.8 Å². The number of hydrogen-bond donors (Lipinski definition) is 0. The molecular formula is C26H25NS. The summed E-state index contributed by atoms with van der Waals surface area (Å²) in [5.41, 5.74) is 6.84. The fourth-order valence-corrected chi connectivity index (χ4v) is 6.93. The Kier molecular flexibility index (Phi) is 4.03. The number of hydrogen-bond acceptors (Lipinski definition) is 2. The van der Waals surface area contributed by atoms with Crippen LogP contribution in [0.1, 0.15) is 41.7 Å². The van der Waals surface area contributed by atoms with Crippen molar-refractivity contribution in [3.8, 4) is 0 Å². The van der Waals surface area contributed by atoms with Crippen LogP contribution in [0.25, 0.3) is 0 Å². The maximum absolute atomic E-state index is 5.26. The zero-order valence-corrected chi connectivity index (χ0v) is 17.4. The highest BCUT2D eigenvalue weighted by Crippen LogP contribution is 2.62. The summed E-state index contributed by atoms with van der Waals surface area (Å²) in [5, 5.41) is 0.391. The molecule has 3 aromatic rings. The fourth-order valence-electron chi connectivity index (χ4n) is 5.61. The molecule has 2 atom stereocenters. The smallest absolute Gasteiger partial charge is 0.0764 e. The van der Waals surface area contributed by atoms with Gasteiger partial charge in [0, 0.05) is 22.3 Å². The molecule has 28 heavy (non-hydrogen) atoms. The molecule has 0 saturated heterocycles. The average molecular weight is 384 g/mol. The Labute approximate surface area is 171 Å². The topological polar surface area (TPSA) is 12.4 Å². The number of thioether (sulfide) groups is 1. The van der Waals surface area contributed by atoms with Gasteiger partial charge in [0.15, 0.2) is 0 Å². The van der Waals surface area contributed by atoms with Crippen molar-refractivity contribution in [2.24, 2.45) is 4.99 Å². The molecule has 0 fully saturated rings. The second kappa shape index (κ2) is 6.35. The van der Waals surface area contributed by atoms with Crippen molar-refractivity contribution >= 4 is 18.0 Å². The highest BCUT2D eigenvalue weighted by molar-refractivity contribution is 7.99. The second-order valence-electron chi connectivity index (χ2n) is 8.29. The normalized spacial score (nSPS) is 30.2. The lowest BCUT2D eigenvalue weighted by molar-refractivity contribution is 0.294. The monoisotopic (exact) mass is 383 g/mol. The minimum atomic E-state index is -0.121. The van der Waals surface area contributed by atoms with E-state index >= 15 is 0 Å². The lowest BCUT2D eigenvalue weighted by atomic mass is 9.48. The Balaban J connectivity index is 1.77. The summed E-state index contributed by atoms with van der Waals surface area (Å²) in [6.45, 7) is 4.83. The third-order valence-corrected chi connectivity index (χ3v) is 8.21. The molecule has 0 amide bonds. The Morgan fingerprint density at radius 1 is 0.714 bits per heavy atom. The van der Waals surface area contributed by atoms with Crippen LogP contribution in [-0.4, -0.2) is 23.8 Å². The first-order chi connectivity index (χ1) is 13.6. The molecule has 0 N–H and O–H groups in total. The van der Waals surface area contributed by atoms with Crippen molar-refractivity contribution in [1.82, 2.24) is 0 Å². The number of aliphatic imine (C=N–C) groups is 1. The zero-order chi connectivity index (χ0) is 19.4. The van der Waals surface area contributed by atoms with E-state index in [4.69, 9.17) is 4.99 Å². The molecule has 3 aliphatic rings. The van der Waals surface area contributed by atoms with Crippen LogP contribution in [-0.2, 0) is 10.8 Å². The van der Waals surface area contributed by atoms with Gasteiger partial charge in [-0.1, -0.05) is 85.8 Å². The van der Waals surface area contributed by atoms with E-state index in [0.717, 1.165) is 0 Å². The fraction of sp³-hybridized carbons (Fsp3) is 0.269. The van der Waals surface area contributed by atoms with Crippen molar-refractivity contribution in [2.75, 3.05) is 6.26 Å². The van der Waals surface area contributed by atoms with Gasteiger partial charge in [0.25, 0.3) is 0 Å². The summed E-state index contributed by atoms with van der Waals surface area (Å²) in [5.74, 6) is 0. The van der Waals surface area contributed by atoms with Gasteiger partial charge < -0.3 is 0 Å². The van der Waals surface area contributed by atoms with Crippen LogP contribution in [0.3, 0.4) is 0 Å². The Hall–Kier alpha value is -2.32. The molecule has 3 aliphatic carbocycles. The highest BCUT2D eigenvalue weighted by atomic mass is 32.2. The maximum atomic E-state index is 5.26. The van der Waals surface area contributed by atoms with E-state index in [-0.39, 0.29) is 16.9 Å². The third-order valence-electron chi connectivity index (χ3n) is 6.98. The molecule has 6 rings (SSSR count). The molecule has 0 heterocycles. The molecule has 1 nitrogen and oxygen atoms in total. The van der Waals surface area contributed by atoms with Gasteiger partial charge in [0.2, 0.25) is 0 Å². The van der Waals surface area contributed by atoms with Crippen molar-refractivity contribution < 1.29 is 0 Å². The van der Waals surface area contributed by atoms with E-state index in [1.54, 1.807) is 0 Å². The standard InChI is InChI=1S/C26H25NS/c1-25-19-13-7-9-15-21(19)26(2,22-16-10-8-14-20(22)25)24(28-3)23(25)27-17-18-11-5-4-6-12-18/h4-17,23-24H,1-3H3/t23-,24+,25?,26?/m1/s1. The molecule has 0 radical (unpaired) electrons. The van der Waals surface area contributed by atoms with Crippen LogP contribution >= 0.6 is 11.8 Å². The SMILES string of the molecule is CS[C@H]1[C@@H](N=Cc2ccccc2)C2(C)c3ccccc3C1(C)c1ccccc12. The van der Waals surface area contributed by atoms with Crippen molar-refractivity contribution in [3.05, 3.63) is 107 Å². The minimum absolute atomic E-state index is 0.0386. The predicted octanol–water partition coefficient (Wildman–Crippen LogP) is 5.84. The summed E-state index contributed by atoms with van der Waals surface area (Å²) in [4.78, 5) is 5.26. The van der Waals surface area contributed by atoms with Crippen LogP contribution in [0, 0.1) is 0 Å². The van der Waals surface area contributed by atoms with Crippen molar-refractivity contribution in [1.29, 1.82) is 0 Å². The number of fused-ring (bicyclic) bond motifs is 1. The number of rotatable bonds is 3. The van der Waals surface area contributed by atoms with E-state index < -0.39 is 0 Å². The molecule has 0 aliphatic heterocycles. The van der Waals surface area contributed by atoms with E-state index in [2.05, 4.69) is 105 Å². The summed E-state index contributed by atoms with van der Waals surface area (Å²) in [7, 11) is 0. The summed E-state index contributed by atoms with van der Waals surface area (Å²) in [6.07, 6.45) is 4.32. The van der Waals surface area contributed by atoms with Crippen LogP contribution < -0.4 is 0 Å². The van der Waals surface area contributed by atoms with Gasteiger partial charge in [-0.2, -0.15) is 11.8 Å². The number of benzene rings is 3. The molecule has 2 bridgehead atoms. The maximum Gasteiger partial charge on any atom is 0.0764 e. The molecular weight excluding hydrogens is 358 g/mol. The van der Waals surface area contributed by atoms with Crippen LogP contribution in [0.5, 0.6) is 0 Å². The van der Waals surface area contributed by atoms with Gasteiger partial charge in [-0.05, 0) is 41.0 Å².